The first kappa shape index (κ1) is 19.8. The number of benzene rings is 1. The summed E-state index contributed by atoms with van der Waals surface area (Å²) < 4.78 is 10.2. The Kier molecular flexibility index (Phi) is 6.54. The first-order chi connectivity index (χ1) is 13.6. The van der Waals surface area contributed by atoms with Crippen LogP contribution in [0.25, 0.3) is 0 Å². The average molecular weight is 399 g/mol. The molecule has 0 fully saturated rings. The molecule has 2 heterocycles. The van der Waals surface area contributed by atoms with Crippen LogP contribution in [0.5, 0.6) is 0 Å². The first-order valence-electron chi connectivity index (χ1n) is 8.79. The molecule has 8 heteroatoms. The van der Waals surface area contributed by atoms with Gasteiger partial charge in [-0.25, -0.2) is 0 Å². The van der Waals surface area contributed by atoms with Gasteiger partial charge < -0.3 is 19.6 Å². The van der Waals surface area contributed by atoms with Crippen molar-refractivity contribution in [3.63, 3.8) is 0 Å². The van der Waals surface area contributed by atoms with Crippen molar-refractivity contribution in [2.45, 2.75) is 24.5 Å². The molecule has 0 saturated carbocycles. The standard InChI is InChI=1S/C20H21N3O4S/c1-13-16(14(2)27-23-13)12-28-18-8-4-3-6-15(18)19(24)21-9-10-22-20(25)17-7-5-11-26-17/h3-8,11H,9-10,12H2,1-2H3,(H,21,24)(H,22,25). The molecule has 0 spiro atoms. The fourth-order valence-electron chi connectivity index (χ4n) is 2.58. The third kappa shape index (κ3) is 4.83. The van der Waals surface area contributed by atoms with Gasteiger partial charge >= 0.3 is 0 Å². The van der Waals surface area contributed by atoms with Gasteiger partial charge in [0.15, 0.2) is 5.76 Å². The number of rotatable bonds is 8. The number of carbonyl (C=O) groups excluding carboxylic acids is 2. The van der Waals surface area contributed by atoms with E-state index in [0.29, 0.717) is 24.4 Å². The summed E-state index contributed by atoms with van der Waals surface area (Å²) in [6.45, 7) is 4.40. The van der Waals surface area contributed by atoms with E-state index in [1.54, 1.807) is 30.0 Å². The number of aromatic nitrogens is 1. The van der Waals surface area contributed by atoms with Crippen molar-refractivity contribution in [1.82, 2.24) is 15.8 Å². The molecule has 0 bridgehead atoms. The Hall–Kier alpha value is -3.00. The fraction of sp³-hybridized carbons (Fsp3) is 0.250. The van der Waals surface area contributed by atoms with Gasteiger partial charge in [0.2, 0.25) is 0 Å². The molecule has 3 rings (SSSR count). The summed E-state index contributed by atoms with van der Waals surface area (Å²) in [5, 5.41) is 9.48. The number of aryl methyl sites for hydroxylation is 2. The van der Waals surface area contributed by atoms with E-state index in [2.05, 4.69) is 15.8 Å². The van der Waals surface area contributed by atoms with E-state index in [4.69, 9.17) is 8.94 Å². The molecule has 0 radical (unpaired) electrons. The predicted molar refractivity (Wildman–Crippen MR) is 105 cm³/mol. The summed E-state index contributed by atoms with van der Waals surface area (Å²) in [6, 6.07) is 10.7. The van der Waals surface area contributed by atoms with Gasteiger partial charge in [-0.3, -0.25) is 9.59 Å². The van der Waals surface area contributed by atoms with E-state index in [-0.39, 0.29) is 17.6 Å². The van der Waals surface area contributed by atoms with Crippen LogP contribution < -0.4 is 10.6 Å². The van der Waals surface area contributed by atoms with Crippen LogP contribution in [-0.4, -0.2) is 30.1 Å². The van der Waals surface area contributed by atoms with Crippen molar-refractivity contribution in [2.24, 2.45) is 0 Å². The Balaban J connectivity index is 1.53. The zero-order chi connectivity index (χ0) is 19.9. The highest BCUT2D eigenvalue weighted by molar-refractivity contribution is 7.98. The molecule has 7 nitrogen and oxygen atoms in total. The summed E-state index contributed by atoms with van der Waals surface area (Å²) >= 11 is 1.56. The topological polar surface area (TPSA) is 97.4 Å². The fourth-order valence-corrected chi connectivity index (χ4v) is 3.78. The number of thioether (sulfide) groups is 1. The molecule has 2 N–H and O–H groups in total. The molecule has 0 aliphatic rings. The summed E-state index contributed by atoms with van der Waals surface area (Å²) in [5.41, 5.74) is 2.50. The number of carbonyl (C=O) groups is 2. The lowest BCUT2D eigenvalue weighted by atomic mass is 10.2. The monoisotopic (exact) mass is 399 g/mol. The van der Waals surface area contributed by atoms with Gasteiger partial charge in [0, 0.05) is 29.3 Å². The number of nitrogens with zero attached hydrogens (tertiary/aromatic N) is 1. The van der Waals surface area contributed by atoms with Crippen molar-refractivity contribution in [3.05, 3.63) is 71.0 Å². The molecule has 0 saturated heterocycles. The van der Waals surface area contributed by atoms with E-state index in [1.807, 2.05) is 32.0 Å². The SMILES string of the molecule is Cc1noc(C)c1CSc1ccccc1C(=O)NCCNC(=O)c1ccco1. The van der Waals surface area contributed by atoms with Crippen LogP contribution in [0, 0.1) is 13.8 Å². The maximum absolute atomic E-state index is 12.5. The number of amides is 2. The van der Waals surface area contributed by atoms with Gasteiger partial charge in [0.1, 0.15) is 5.76 Å². The van der Waals surface area contributed by atoms with E-state index < -0.39 is 0 Å². The maximum atomic E-state index is 12.5. The molecule has 2 aromatic heterocycles. The highest BCUT2D eigenvalue weighted by atomic mass is 32.2. The van der Waals surface area contributed by atoms with Crippen molar-refractivity contribution in [1.29, 1.82) is 0 Å². The van der Waals surface area contributed by atoms with Crippen molar-refractivity contribution in [3.8, 4) is 0 Å². The Morgan fingerprint density at radius 3 is 2.46 bits per heavy atom. The van der Waals surface area contributed by atoms with Gasteiger partial charge in [-0.05, 0) is 38.1 Å². The highest BCUT2D eigenvalue weighted by Crippen LogP contribution is 2.28. The summed E-state index contributed by atoms with van der Waals surface area (Å²) in [4.78, 5) is 25.2. The van der Waals surface area contributed by atoms with Crippen LogP contribution in [0.4, 0.5) is 0 Å². The number of furan rings is 1. The molecule has 28 heavy (non-hydrogen) atoms. The van der Waals surface area contributed by atoms with Crippen molar-refractivity contribution >= 4 is 23.6 Å². The quantitative estimate of drug-likeness (QED) is 0.445. The van der Waals surface area contributed by atoms with E-state index >= 15 is 0 Å². The molecule has 0 aliphatic carbocycles. The summed E-state index contributed by atoms with van der Waals surface area (Å²) in [5.74, 6) is 1.21. The lowest BCUT2D eigenvalue weighted by Gasteiger charge is -2.10. The number of hydrogen-bond donors (Lipinski definition) is 2. The van der Waals surface area contributed by atoms with Gasteiger partial charge in [-0.15, -0.1) is 11.8 Å². The largest absolute Gasteiger partial charge is 0.459 e. The minimum Gasteiger partial charge on any atom is -0.459 e. The summed E-state index contributed by atoms with van der Waals surface area (Å²) in [6.07, 6.45) is 1.44. The normalized spacial score (nSPS) is 10.6. The van der Waals surface area contributed by atoms with Crippen LogP contribution in [0.15, 0.2) is 56.5 Å². The lowest BCUT2D eigenvalue weighted by molar-refractivity contribution is 0.0910. The van der Waals surface area contributed by atoms with Crippen LogP contribution >= 0.6 is 11.8 Å². The van der Waals surface area contributed by atoms with Crippen LogP contribution in [-0.2, 0) is 5.75 Å². The smallest absolute Gasteiger partial charge is 0.287 e. The van der Waals surface area contributed by atoms with Gasteiger partial charge in [0.25, 0.3) is 11.8 Å². The molecular formula is C20H21N3O4S. The second kappa shape index (κ2) is 9.27. The maximum Gasteiger partial charge on any atom is 0.287 e. The number of nitrogens with one attached hydrogen (secondary N) is 2. The molecule has 0 unspecified atom stereocenters. The van der Waals surface area contributed by atoms with E-state index in [0.717, 1.165) is 21.9 Å². The number of hydrogen-bond acceptors (Lipinski definition) is 6. The van der Waals surface area contributed by atoms with Gasteiger partial charge in [-0.1, -0.05) is 17.3 Å². The molecule has 3 aromatic rings. The van der Waals surface area contributed by atoms with E-state index in [1.165, 1.54) is 6.26 Å². The summed E-state index contributed by atoms with van der Waals surface area (Å²) in [7, 11) is 0. The van der Waals surface area contributed by atoms with Crippen LogP contribution in [0.1, 0.15) is 37.9 Å². The second-order valence-electron chi connectivity index (χ2n) is 6.08. The highest BCUT2D eigenvalue weighted by Gasteiger charge is 2.14. The molecule has 1 aromatic carbocycles. The van der Waals surface area contributed by atoms with Gasteiger partial charge in [-0.2, -0.15) is 0 Å². The molecule has 0 atom stereocenters. The molecule has 2 amide bonds. The molecule has 146 valence electrons. The zero-order valence-corrected chi connectivity index (χ0v) is 16.5. The predicted octanol–water partition coefficient (Wildman–Crippen LogP) is 3.34. The molecular weight excluding hydrogens is 378 g/mol. The Labute approximate surface area is 166 Å². The average Bonchev–Trinajstić information content (AvgIpc) is 3.34. The third-order valence-corrected chi connectivity index (χ3v) is 5.23. The Morgan fingerprint density at radius 2 is 1.79 bits per heavy atom. The van der Waals surface area contributed by atoms with Gasteiger partial charge in [0.05, 0.1) is 17.5 Å². The Bertz CT molecular complexity index is 931. The van der Waals surface area contributed by atoms with Crippen molar-refractivity contribution < 1.29 is 18.5 Å². The zero-order valence-electron chi connectivity index (χ0n) is 15.7. The minimum absolute atomic E-state index is 0.186. The second-order valence-corrected chi connectivity index (χ2v) is 7.09. The third-order valence-electron chi connectivity index (χ3n) is 4.13. The minimum atomic E-state index is -0.310. The first-order valence-corrected chi connectivity index (χ1v) is 9.78. The van der Waals surface area contributed by atoms with E-state index in [9.17, 15) is 9.59 Å². The Morgan fingerprint density at radius 1 is 1.04 bits per heavy atom. The lowest BCUT2D eigenvalue weighted by Crippen LogP contribution is -2.34. The van der Waals surface area contributed by atoms with Crippen LogP contribution in [0.3, 0.4) is 0 Å². The molecule has 0 aliphatic heterocycles. The van der Waals surface area contributed by atoms with Crippen molar-refractivity contribution in [2.75, 3.05) is 13.1 Å². The van der Waals surface area contributed by atoms with Crippen LogP contribution in [0.2, 0.25) is 0 Å².